The molecule has 0 saturated carbocycles. The standard InChI is InChI=1S/C18H22FNO5/c1-17(2,3)10-23-13-8-6-7-12(19)14(13)20-9-11-15(21)24-18(4,5)25-16(11)22/h6-9,20H,10H2,1-5H3. The Balaban J connectivity index is 2.22. The normalized spacial score (nSPS) is 16.8. The molecule has 1 saturated heterocycles. The van der Waals surface area contributed by atoms with Gasteiger partial charge in [0, 0.05) is 20.0 Å². The Morgan fingerprint density at radius 1 is 1.20 bits per heavy atom. The van der Waals surface area contributed by atoms with Gasteiger partial charge in [-0.05, 0) is 17.5 Å². The first-order valence-corrected chi connectivity index (χ1v) is 7.83. The monoisotopic (exact) mass is 351 g/mol. The third kappa shape index (κ3) is 4.95. The third-order valence-electron chi connectivity index (χ3n) is 3.11. The van der Waals surface area contributed by atoms with E-state index in [1.54, 1.807) is 6.07 Å². The Labute approximate surface area is 145 Å². The van der Waals surface area contributed by atoms with Crippen LogP contribution in [0.4, 0.5) is 10.1 Å². The number of anilines is 1. The van der Waals surface area contributed by atoms with Crippen molar-refractivity contribution in [3.63, 3.8) is 0 Å². The molecule has 6 nitrogen and oxygen atoms in total. The largest absolute Gasteiger partial charge is 0.491 e. The van der Waals surface area contributed by atoms with Crippen molar-refractivity contribution in [2.24, 2.45) is 5.41 Å². The molecule has 0 amide bonds. The summed E-state index contributed by atoms with van der Waals surface area (Å²) in [5.74, 6) is -3.33. The highest BCUT2D eigenvalue weighted by atomic mass is 19.1. The lowest BCUT2D eigenvalue weighted by Crippen LogP contribution is -2.42. The molecule has 0 radical (unpaired) electrons. The van der Waals surface area contributed by atoms with Crippen LogP contribution in [0.2, 0.25) is 0 Å². The van der Waals surface area contributed by atoms with Crippen molar-refractivity contribution in [3.8, 4) is 5.75 Å². The van der Waals surface area contributed by atoms with E-state index < -0.39 is 23.5 Å². The van der Waals surface area contributed by atoms with E-state index in [-0.39, 0.29) is 22.4 Å². The number of cyclic esters (lactones) is 2. The topological polar surface area (TPSA) is 73.9 Å². The summed E-state index contributed by atoms with van der Waals surface area (Å²) in [4.78, 5) is 23.8. The first kappa shape index (κ1) is 18.8. The van der Waals surface area contributed by atoms with Crippen molar-refractivity contribution in [1.82, 2.24) is 0 Å². The highest BCUT2D eigenvalue weighted by Gasteiger charge is 2.39. The van der Waals surface area contributed by atoms with Gasteiger partial charge < -0.3 is 19.5 Å². The zero-order valence-electron chi connectivity index (χ0n) is 14.9. The summed E-state index contributed by atoms with van der Waals surface area (Å²) in [7, 11) is 0. The van der Waals surface area contributed by atoms with Crippen LogP contribution in [-0.4, -0.2) is 24.3 Å². The number of esters is 2. The number of ether oxygens (including phenoxy) is 3. The van der Waals surface area contributed by atoms with Crippen LogP contribution in [0.25, 0.3) is 0 Å². The van der Waals surface area contributed by atoms with E-state index in [1.165, 1.54) is 26.0 Å². The van der Waals surface area contributed by atoms with E-state index >= 15 is 0 Å². The van der Waals surface area contributed by atoms with E-state index in [2.05, 4.69) is 5.32 Å². The first-order valence-electron chi connectivity index (χ1n) is 7.83. The average Bonchev–Trinajstić information content (AvgIpc) is 2.44. The van der Waals surface area contributed by atoms with Gasteiger partial charge in [-0.2, -0.15) is 0 Å². The van der Waals surface area contributed by atoms with Gasteiger partial charge in [-0.1, -0.05) is 26.8 Å². The SMILES string of the molecule is CC(C)(C)COc1cccc(F)c1NC=C1C(=O)OC(C)(C)OC1=O. The summed E-state index contributed by atoms with van der Waals surface area (Å²) < 4.78 is 29.7. The number of nitrogens with one attached hydrogen (secondary N) is 1. The zero-order valence-corrected chi connectivity index (χ0v) is 14.9. The molecule has 0 atom stereocenters. The van der Waals surface area contributed by atoms with E-state index in [4.69, 9.17) is 14.2 Å². The van der Waals surface area contributed by atoms with E-state index in [0.29, 0.717) is 6.61 Å². The number of carbonyl (C=O) groups excluding carboxylic acids is 2. The van der Waals surface area contributed by atoms with Crippen LogP contribution in [0.15, 0.2) is 30.0 Å². The number of para-hydroxylation sites is 1. The van der Waals surface area contributed by atoms with Crippen LogP contribution in [0.1, 0.15) is 34.6 Å². The van der Waals surface area contributed by atoms with Crippen LogP contribution in [0.3, 0.4) is 0 Å². The molecule has 2 rings (SSSR count). The third-order valence-corrected chi connectivity index (χ3v) is 3.11. The number of benzene rings is 1. The fourth-order valence-corrected chi connectivity index (χ4v) is 1.98. The van der Waals surface area contributed by atoms with Gasteiger partial charge in [0.05, 0.1) is 6.61 Å². The smallest absolute Gasteiger partial charge is 0.350 e. The number of halogens is 1. The Bertz CT molecular complexity index is 697. The zero-order chi connectivity index (χ0) is 18.8. The molecule has 7 heteroatoms. The quantitative estimate of drug-likeness (QED) is 0.509. The lowest BCUT2D eigenvalue weighted by atomic mass is 9.99. The maximum Gasteiger partial charge on any atom is 0.350 e. The summed E-state index contributed by atoms with van der Waals surface area (Å²) in [5, 5.41) is 2.61. The molecule has 1 aliphatic heterocycles. The molecule has 136 valence electrons. The minimum atomic E-state index is -1.33. The van der Waals surface area contributed by atoms with Crippen LogP contribution in [0.5, 0.6) is 5.75 Å². The Kier molecular flexibility index (Phi) is 5.06. The lowest BCUT2D eigenvalue weighted by molar-refractivity contribution is -0.222. The fraction of sp³-hybridized carbons (Fsp3) is 0.444. The summed E-state index contributed by atoms with van der Waals surface area (Å²) in [6.45, 7) is 9.20. The molecule has 1 aromatic carbocycles. The van der Waals surface area contributed by atoms with Crippen molar-refractivity contribution in [2.75, 3.05) is 11.9 Å². The number of hydrogen-bond donors (Lipinski definition) is 1. The molecule has 0 aromatic heterocycles. The predicted molar refractivity (Wildman–Crippen MR) is 89.3 cm³/mol. The molecular formula is C18H22FNO5. The van der Waals surface area contributed by atoms with E-state index in [0.717, 1.165) is 6.20 Å². The van der Waals surface area contributed by atoms with E-state index in [1.807, 2.05) is 20.8 Å². The second kappa shape index (κ2) is 6.74. The second-order valence-corrected chi connectivity index (χ2v) is 7.34. The van der Waals surface area contributed by atoms with Crippen LogP contribution < -0.4 is 10.1 Å². The highest BCUT2D eigenvalue weighted by Crippen LogP contribution is 2.30. The van der Waals surface area contributed by atoms with Crippen molar-refractivity contribution >= 4 is 17.6 Å². The van der Waals surface area contributed by atoms with Crippen LogP contribution >= 0.6 is 0 Å². The molecule has 1 aliphatic rings. The van der Waals surface area contributed by atoms with Gasteiger partial charge in [-0.15, -0.1) is 0 Å². The van der Waals surface area contributed by atoms with Gasteiger partial charge >= 0.3 is 11.9 Å². The molecule has 1 N–H and O–H groups in total. The van der Waals surface area contributed by atoms with Gasteiger partial charge in [-0.25, -0.2) is 14.0 Å². The molecule has 1 heterocycles. The molecule has 0 aliphatic carbocycles. The summed E-state index contributed by atoms with van der Waals surface area (Å²) >= 11 is 0. The van der Waals surface area contributed by atoms with Crippen molar-refractivity contribution in [3.05, 3.63) is 35.8 Å². The molecule has 1 fully saturated rings. The van der Waals surface area contributed by atoms with Crippen LogP contribution in [0, 0.1) is 11.2 Å². The fourth-order valence-electron chi connectivity index (χ4n) is 1.98. The minimum absolute atomic E-state index is 0.0182. The average molecular weight is 351 g/mol. The van der Waals surface area contributed by atoms with Gasteiger partial charge in [0.2, 0.25) is 0 Å². The Morgan fingerprint density at radius 2 is 1.80 bits per heavy atom. The maximum absolute atomic E-state index is 14.1. The second-order valence-electron chi connectivity index (χ2n) is 7.34. The van der Waals surface area contributed by atoms with Gasteiger partial charge in [-0.3, -0.25) is 0 Å². The Morgan fingerprint density at radius 3 is 2.36 bits per heavy atom. The van der Waals surface area contributed by atoms with E-state index in [9.17, 15) is 14.0 Å². The van der Waals surface area contributed by atoms with Crippen molar-refractivity contribution in [2.45, 2.75) is 40.4 Å². The summed E-state index contributed by atoms with van der Waals surface area (Å²) in [6.07, 6.45) is 1.06. The molecular weight excluding hydrogens is 329 g/mol. The molecule has 25 heavy (non-hydrogen) atoms. The van der Waals surface area contributed by atoms with Crippen LogP contribution in [-0.2, 0) is 19.1 Å². The Hall–Kier alpha value is -2.57. The maximum atomic E-state index is 14.1. The number of hydrogen-bond acceptors (Lipinski definition) is 6. The summed E-state index contributed by atoms with van der Waals surface area (Å²) in [5.41, 5.74) is -0.459. The van der Waals surface area contributed by atoms with Gasteiger partial charge in [0.15, 0.2) is 5.57 Å². The summed E-state index contributed by atoms with van der Waals surface area (Å²) in [6, 6.07) is 4.35. The lowest BCUT2D eigenvalue weighted by Gasteiger charge is -2.29. The van der Waals surface area contributed by atoms with Crippen molar-refractivity contribution < 1.29 is 28.2 Å². The van der Waals surface area contributed by atoms with Gasteiger partial charge in [0.1, 0.15) is 17.3 Å². The molecule has 1 aromatic rings. The van der Waals surface area contributed by atoms with Crippen molar-refractivity contribution in [1.29, 1.82) is 0 Å². The molecule has 0 unspecified atom stereocenters. The minimum Gasteiger partial charge on any atom is -0.491 e. The highest BCUT2D eigenvalue weighted by molar-refractivity contribution is 6.15. The molecule has 0 spiro atoms. The molecule has 0 bridgehead atoms. The number of rotatable bonds is 4. The predicted octanol–water partition coefficient (Wildman–Crippen LogP) is 3.38. The van der Waals surface area contributed by atoms with Gasteiger partial charge in [0.25, 0.3) is 5.79 Å². The number of carbonyl (C=O) groups is 2. The first-order chi connectivity index (χ1) is 11.5.